The topological polar surface area (TPSA) is 3.01 Å². The molecule has 0 aliphatic carbocycles. The highest BCUT2D eigenvalue weighted by molar-refractivity contribution is 5.52. The molecule has 1 aliphatic rings. The van der Waals surface area contributed by atoms with Gasteiger partial charge in [-0.2, -0.15) is 0 Å². The molecule has 1 aliphatic heterocycles. The number of hydrogen-bond donors (Lipinski definition) is 0. The lowest BCUT2D eigenvalue weighted by atomic mass is 10.2. The molecule has 8 heavy (non-hydrogen) atoms. The fraction of sp³-hybridized carbons (Fsp3) is 0.571. The molecule has 0 N–H and O–H groups in total. The molecule has 0 amide bonds. The Labute approximate surface area is 50.3 Å². The molecule has 0 bridgehead atoms. The minimum absolute atomic E-state index is 1.20. The van der Waals surface area contributed by atoms with Gasteiger partial charge in [0.2, 0.25) is 0 Å². The van der Waals surface area contributed by atoms with Crippen LogP contribution in [0.5, 0.6) is 0 Å². The Bertz CT molecular complexity index is 124. The van der Waals surface area contributed by atoms with E-state index >= 15 is 0 Å². The molecule has 44 valence electrons. The van der Waals surface area contributed by atoms with Gasteiger partial charge in [0.15, 0.2) is 5.70 Å². The zero-order valence-electron chi connectivity index (χ0n) is 5.52. The van der Waals surface area contributed by atoms with Crippen LogP contribution >= 0.6 is 0 Å². The number of nitrogens with zero attached hydrogens (tertiary/aromatic N) is 1. The van der Waals surface area contributed by atoms with E-state index in [2.05, 4.69) is 30.8 Å². The Morgan fingerprint density at radius 3 is 2.62 bits per heavy atom. The largest absolute Gasteiger partial charge is 0.209 e. The van der Waals surface area contributed by atoms with E-state index in [1.165, 1.54) is 18.5 Å². The summed E-state index contributed by atoms with van der Waals surface area (Å²) in [6, 6.07) is 0. The van der Waals surface area contributed by atoms with E-state index in [0.29, 0.717) is 0 Å². The van der Waals surface area contributed by atoms with Gasteiger partial charge in [-0.3, -0.25) is 0 Å². The SMILES string of the molecule is CC1=CCCC=[N+]1C. The lowest BCUT2D eigenvalue weighted by Crippen LogP contribution is -2.07. The summed E-state index contributed by atoms with van der Waals surface area (Å²) in [6.07, 6.45) is 6.90. The van der Waals surface area contributed by atoms with Crippen LogP contribution in [0.2, 0.25) is 0 Å². The fourth-order valence-electron chi connectivity index (χ4n) is 0.848. The standard InChI is InChI=1S/C7H12N/c1-7-5-3-4-6-8(7)2/h5-6H,3-4H2,1-2H3/q+1. The number of hydrogen-bond acceptors (Lipinski definition) is 0. The van der Waals surface area contributed by atoms with E-state index in [0.717, 1.165) is 0 Å². The van der Waals surface area contributed by atoms with Crippen molar-refractivity contribution in [3.05, 3.63) is 11.8 Å². The summed E-state index contributed by atoms with van der Waals surface area (Å²) < 4.78 is 2.17. The predicted molar refractivity (Wildman–Crippen MR) is 35.2 cm³/mol. The van der Waals surface area contributed by atoms with E-state index in [1.807, 2.05) is 0 Å². The van der Waals surface area contributed by atoms with Crippen LogP contribution < -0.4 is 0 Å². The molecule has 0 saturated heterocycles. The summed E-state index contributed by atoms with van der Waals surface area (Å²) in [5.41, 5.74) is 1.37. The second-order valence-corrected chi connectivity index (χ2v) is 2.22. The van der Waals surface area contributed by atoms with Crippen LogP contribution in [0.25, 0.3) is 0 Å². The van der Waals surface area contributed by atoms with Crippen LogP contribution in [0.4, 0.5) is 0 Å². The normalized spacial score (nSPS) is 19.8. The molecule has 0 radical (unpaired) electrons. The van der Waals surface area contributed by atoms with Gasteiger partial charge in [0, 0.05) is 13.3 Å². The van der Waals surface area contributed by atoms with Gasteiger partial charge in [-0.05, 0) is 12.5 Å². The minimum atomic E-state index is 1.20. The van der Waals surface area contributed by atoms with Crippen molar-refractivity contribution >= 4 is 6.21 Å². The highest BCUT2D eigenvalue weighted by Gasteiger charge is 2.03. The molecule has 0 unspecified atom stereocenters. The van der Waals surface area contributed by atoms with Crippen molar-refractivity contribution in [2.45, 2.75) is 19.8 Å². The lowest BCUT2D eigenvalue weighted by molar-refractivity contribution is -0.441. The molecule has 1 rings (SSSR count). The Morgan fingerprint density at radius 2 is 2.25 bits per heavy atom. The summed E-state index contributed by atoms with van der Waals surface area (Å²) in [4.78, 5) is 0. The van der Waals surface area contributed by atoms with Crippen molar-refractivity contribution in [1.82, 2.24) is 0 Å². The molecule has 0 spiro atoms. The third kappa shape index (κ3) is 0.971. The summed E-state index contributed by atoms with van der Waals surface area (Å²) in [7, 11) is 2.09. The van der Waals surface area contributed by atoms with Gasteiger partial charge < -0.3 is 0 Å². The molecular weight excluding hydrogens is 98.1 g/mol. The summed E-state index contributed by atoms with van der Waals surface area (Å²) >= 11 is 0. The monoisotopic (exact) mass is 110 g/mol. The van der Waals surface area contributed by atoms with E-state index in [1.54, 1.807) is 0 Å². The Morgan fingerprint density at radius 1 is 1.50 bits per heavy atom. The molecular formula is C7H12N+. The maximum atomic E-state index is 2.26. The molecule has 0 saturated carbocycles. The van der Waals surface area contributed by atoms with Gasteiger partial charge in [0.25, 0.3) is 0 Å². The van der Waals surface area contributed by atoms with Crippen LogP contribution in [0.3, 0.4) is 0 Å². The Balaban J connectivity index is 2.73. The van der Waals surface area contributed by atoms with Crippen LogP contribution in [-0.4, -0.2) is 17.8 Å². The van der Waals surface area contributed by atoms with Gasteiger partial charge in [-0.25, -0.2) is 4.58 Å². The first-order valence-corrected chi connectivity index (χ1v) is 3.03. The van der Waals surface area contributed by atoms with Crippen molar-refractivity contribution in [2.24, 2.45) is 0 Å². The van der Waals surface area contributed by atoms with E-state index in [-0.39, 0.29) is 0 Å². The van der Waals surface area contributed by atoms with Crippen molar-refractivity contribution in [3.8, 4) is 0 Å². The second-order valence-electron chi connectivity index (χ2n) is 2.22. The van der Waals surface area contributed by atoms with Crippen molar-refractivity contribution in [2.75, 3.05) is 7.05 Å². The van der Waals surface area contributed by atoms with Crippen LogP contribution in [0.1, 0.15) is 19.8 Å². The van der Waals surface area contributed by atoms with Crippen molar-refractivity contribution in [3.63, 3.8) is 0 Å². The molecule has 0 aromatic carbocycles. The summed E-state index contributed by atoms with van der Waals surface area (Å²) in [5.74, 6) is 0. The fourth-order valence-corrected chi connectivity index (χ4v) is 0.848. The summed E-state index contributed by atoms with van der Waals surface area (Å²) in [5, 5.41) is 0. The van der Waals surface area contributed by atoms with Crippen LogP contribution in [-0.2, 0) is 0 Å². The zero-order chi connectivity index (χ0) is 5.98. The van der Waals surface area contributed by atoms with Gasteiger partial charge in [-0.1, -0.05) is 0 Å². The van der Waals surface area contributed by atoms with Crippen LogP contribution in [0, 0.1) is 0 Å². The van der Waals surface area contributed by atoms with Gasteiger partial charge in [-0.15, -0.1) is 0 Å². The first-order chi connectivity index (χ1) is 3.80. The van der Waals surface area contributed by atoms with E-state index in [4.69, 9.17) is 0 Å². The Kier molecular flexibility index (Phi) is 1.47. The van der Waals surface area contributed by atoms with Crippen molar-refractivity contribution < 1.29 is 4.58 Å². The Hall–Kier alpha value is -0.590. The third-order valence-corrected chi connectivity index (χ3v) is 1.57. The van der Waals surface area contributed by atoms with Gasteiger partial charge in [0.1, 0.15) is 13.3 Å². The maximum Gasteiger partial charge on any atom is 0.173 e. The van der Waals surface area contributed by atoms with Crippen molar-refractivity contribution in [1.29, 1.82) is 0 Å². The molecule has 0 fully saturated rings. The highest BCUT2D eigenvalue weighted by Crippen LogP contribution is 2.02. The highest BCUT2D eigenvalue weighted by atomic mass is 15.0. The van der Waals surface area contributed by atoms with E-state index in [9.17, 15) is 0 Å². The molecule has 0 atom stereocenters. The summed E-state index contributed by atoms with van der Waals surface area (Å²) in [6.45, 7) is 2.13. The first-order valence-electron chi connectivity index (χ1n) is 3.03. The smallest absolute Gasteiger partial charge is 0.173 e. The quantitative estimate of drug-likeness (QED) is 0.415. The van der Waals surface area contributed by atoms with Gasteiger partial charge >= 0.3 is 0 Å². The number of allylic oxidation sites excluding steroid dienone is 2. The third-order valence-electron chi connectivity index (χ3n) is 1.57. The lowest BCUT2D eigenvalue weighted by Gasteiger charge is -1.99. The molecule has 1 heterocycles. The van der Waals surface area contributed by atoms with E-state index < -0.39 is 0 Å². The second kappa shape index (κ2) is 2.12. The molecule has 1 nitrogen and oxygen atoms in total. The minimum Gasteiger partial charge on any atom is -0.209 e. The number of rotatable bonds is 0. The average molecular weight is 110 g/mol. The predicted octanol–water partition coefficient (Wildman–Crippen LogP) is 1.40. The molecule has 0 aromatic heterocycles. The van der Waals surface area contributed by atoms with Gasteiger partial charge in [0.05, 0.1) is 0 Å². The first kappa shape index (κ1) is 5.54. The molecule has 0 aromatic rings. The molecule has 1 heteroatoms. The van der Waals surface area contributed by atoms with Crippen LogP contribution in [0.15, 0.2) is 11.8 Å². The zero-order valence-corrected chi connectivity index (χ0v) is 5.52. The average Bonchev–Trinajstić information content (AvgIpc) is 1.77. The maximum absolute atomic E-state index is 2.26.